The van der Waals surface area contributed by atoms with E-state index >= 15 is 0 Å². The molecule has 1 amide bonds. The Bertz CT molecular complexity index is 782. The van der Waals surface area contributed by atoms with Crippen molar-refractivity contribution in [3.63, 3.8) is 0 Å². The Morgan fingerprint density at radius 2 is 2.22 bits per heavy atom. The van der Waals surface area contributed by atoms with E-state index in [1.165, 1.54) is 11.3 Å². The molecule has 2 heterocycles. The number of aryl methyl sites for hydroxylation is 2. The molecule has 0 aliphatic heterocycles. The number of hydrogen-bond acceptors (Lipinski definition) is 4. The number of carbonyl (C=O) groups is 1. The number of hydrogen-bond donors (Lipinski definition) is 1. The van der Waals surface area contributed by atoms with Gasteiger partial charge in [0.1, 0.15) is 5.82 Å². The molecule has 2 rings (SSSR count). The van der Waals surface area contributed by atoms with Crippen molar-refractivity contribution in [1.82, 2.24) is 14.9 Å². The van der Waals surface area contributed by atoms with Crippen LogP contribution in [0.25, 0.3) is 0 Å². The Labute approximate surface area is 143 Å². The number of aromatic amines is 1. The molecule has 0 spiro atoms. The number of nitrogens with one attached hydrogen (secondary N) is 1. The quantitative estimate of drug-likeness (QED) is 0.814. The number of halogens is 1. The minimum atomic E-state index is -0.263. The summed E-state index contributed by atoms with van der Waals surface area (Å²) in [6.07, 6.45) is 1.68. The Morgan fingerprint density at radius 1 is 1.48 bits per heavy atom. The zero-order valence-electron chi connectivity index (χ0n) is 13.1. The van der Waals surface area contributed by atoms with Crippen LogP contribution in [-0.4, -0.2) is 27.3 Å². The van der Waals surface area contributed by atoms with Crippen molar-refractivity contribution in [1.29, 1.82) is 0 Å². The van der Waals surface area contributed by atoms with Crippen molar-refractivity contribution in [3.8, 4) is 0 Å². The van der Waals surface area contributed by atoms with E-state index in [0.29, 0.717) is 34.5 Å². The van der Waals surface area contributed by atoms with Gasteiger partial charge in [0.25, 0.3) is 5.56 Å². The van der Waals surface area contributed by atoms with Gasteiger partial charge in [-0.15, -0.1) is 17.9 Å². The Balaban J connectivity index is 2.18. The van der Waals surface area contributed by atoms with Crippen LogP contribution in [0.5, 0.6) is 0 Å². The molecule has 0 bridgehead atoms. The van der Waals surface area contributed by atoms with Crippen LogP contribution in [0, 0.1) is 13.8 Å². The average molecular weight is 352 g/mol. The lowest BCUT2D eigenvalue weighted by Gasteiger charge is -2.20. The van der Waals surface area contributed by atoms with E-state index in [9.17, 15) is 9.59 Å². The molecule has 0 aliphatic rings. The maximum Gasteiger partial charge on any atom is 0.254 e. The second-order valence-corrected chi connectivity index (χ2v) is 6.96. The lowest BCUT2D eigenvalue weighted by molar-refractivity contribution is -0.130. The molecule has 2 aromatic heterocycles. The number of rotatable bonds is 6. The van der Waals surface area contributed by atoms with E-state index in [-0.39, 0.29) is 17.9 Å². The highest BCUT2D eigenvalue weighted by Gasteiger charge is 2.18. The Morgan fingerprint density at radius 3 is 2.78 bits per heavy atom. The van der Waals surface area contributed by atoms with E-state index in [4.69, 9.17) is 11.6 Å². The van der Waals surface area contributed by atoms with Gasteiger partial charge >= 0.3 is 0 Å². The molecular weight excluding hydrogens is 334 g/mol. The summed E-state index contributed by atoms with van der Waals surface area (Å²) in [5, 5.41) is 0. The lowest BCUT2D eigenvalue weighted by Crippen LogP contribution is -2.34. The SMILES string of the molecule is C=CCN(Cc1ccc(Cl)s1)C(=O)Cc1c(C)nc(C)[nH]c1=O. The van der Waals surface area contributed by atoms with Gasteiger partial charge in [0.05, 0.1) is 17.3 Å². The maximum atomic E-state index is 12.6. The van der Waals surface area contributed by atoms with Crippen LogP contribution in [0.2, 0.25) is 4.34 Å². The summed E-state index contributed by atoms with van der Waals surface area (Å²) in [6.45, 7) is 7.99. The number of aromatic nitrogens is 2. The normalized spacial score (nSPS) is 10.6. The van der Waals surface area contributed by atoms with Gasteiger partial charge in [-0.1, -0.05) is 17.7 Å². The first-order valence-electron chi connectivity index (χ1n) is 7.10. The molecule has 1 N–H and O–H groups in total. The first-order chi connectivity index (χ1) is 10.9. The zero-order valence-corrected chi connectivity index (χ0v) is 14.6. The van der Waals surface area contributed by atoms with Crippen LogP contribution < -0.4 is 5.56 Å². The van der Waals surface area contributed by atoms with Crippen molar-refractivity contribution in [2.45, 2.75) is 26.8 Å². The number of amides is 1. The van der Waals surface area contributed by atoms with Gasteiger partial charge < -0.3 is 9.88 Å². The largest absolute Gasteiger partial charge is 0.334 e. The van der Waals surface area contributed by atoms with Gasteiger partial charge in [-0.3, -0.25) is 9.59 Å². The molecule has 23 heavy (non-hydrogen) atoms. The van der Waals surface area contributed by atoms with E-state index in [0.717, 1.165) is 4.88 Å². The molecule has 0 aliphatic carbocycles. The summed E-state index contributed by atoms with van der Waals surface area (Å²) in [5.41, 5.74) is 0.720. The molecule has 0 atom stereocenters. The summed E-state index contributed by atoms with van der Waals surface area (Å²) < 4.78 is 0.682. The number of carbonyl (C=O) groups excluding carboxylic acids is 1. The smallest absolute Gasteiger partial charge is 0.254 e. The topological polar surface area (TPSA) is 66.1 Å². The summed E-state index contributed by atoms with van der Waals surface area (Å²) >= 11 is 7.36. The third-order valence-electron chi connectivity index (χ3n) is 3.35. The van der Waals surface area contributed by atoms with Gasteiger partial charge in [0.15, 0.2) is 0 Å². The molecule has 0 saturated carbocycles. The van der Waals surface area contributed by atoms with E-state index < -0.39 is 0 Å². The monoisotopic (exact) mass is 351 g/mol. The van der Waals surface area contributed by atoms with Crippen molar-refractivity contribution < 1.29 is 4.79 Å². The minimum Gasteiger partial charge on any atom is -0.334 e. The fourth-order valence-electron chi connectivity index (χ4n) is 2.26. The van der Waals surface area contributed by atoms with Crippen LogP contribution in [0.1, 0.15) is 22.0 Å². The highest BCUT2D eigenvalue weighted by atomic mass is 35.5. The highest BCUT2D eigenvalue weighted by Crippen LogP contribution is 2.23. The van der Waals surface area contributed by atoms with Crippen molar-refractivity contribution in [2.75, 3.05) is 6.54 Å². The zero-order chi connectivity index (χ0) is 17.0. The maximum absolute atomic E-state index is 12.6. The van der Waals surface area contributed by atoms with Crippen molar-refractivity contribution in [3.05, 3.63) is 61.4 Å². The molecule has 0 radical (unpaired) electrons. The number of nitrogens with zero attached hydrogens (tertiary/aromatic N) is 2. The molecule has 0 aromatic carbocycles. The predicted molar refractivity (Wildman–Crippen MR) is 93.0 cm³/mol. The van der Waals surface area contributed by atoms with Crippen LogP contribution in [0.3, 0.4) is 0 Å². The van der Waals surface area contributed by atoms with Gasteiger partial charge in [-0.2, -0.15) is 0 Å². The lowest BCUT2D eigenvalue weighted by atomic mass is 10.1. The first kappa shape index (κ1) is 17.4. The second-order valence-electron chi connectivity index (χ2n) is 5.16. The fourth-order valence-corrected chi connectivity index (χ4v) is 3.36. The number of thiophene rings is 1. The van der Waals surface area contributed by atoms with Crippen molar-refractivity contribution >= 4 is 28.8 Å². The minimum absolute atomic E-state index is 0.0153. The van der Waals surface area contributed by atoms with Crippen LogP contribution in [-0.2, 0) is 17.8 Å². The second kappa shape index (κ2) is 7.57. The van der Waals surface area contributed by atoms with Gasteiger partial charge in [0, 0.05) is 22.7 Å². The molecule has 7 heteroatoms. The molecule has 0 fully saturated rings. The molecular formula is C16H18ClN3O2S. The molecule has 2 aromatic rings. The van der Waals surface area contributed by atoms with E-state index in [2.05, 4.69) is 16.5 Å². The summed E-state index contributed by atoms with van der Waals surface area (Å²) in [7, 11) is 0. The molecule has 122 valence electrons. The van der Waals surface area contributed by atoms with E-state index in [1.807, 2.05) is 6.07 Å². The van der Waals surface area contributed by atoms with Gasteiger partial charge in [0.2, 0.25) is 5.91 Å². The predicted octanol–water partition coefficient (Wildman–Crippen LogP) is 2.86. The van der Waals surface area contributed by atoms with Gasteiger partial charge in [-0.25, -0.2) is 4.98 Å². The van der Waals surface area contributed by atoms with Crippen LogP contribution >= 0.6 is 22.9 Å². The first-order valence-corrected chi connectivity index (χ1v) is 8.29. The van der Waals surface area contributed by atoms with E-state index in [1.54, 1.807) is 30.9 Å². The van der Waals surface area contributed by atoms with Crippen molar-refractivity contribution in [2.24, 2.45) is 0 Å². The summed E-state index contributed by atoms with van der Waals surface area (Å²) in [6, 6.07) is 3.69. The summed E-state index contributed by atoms with van der Waals surface area (Å²) in [4.78, 5) is 34.1. The Kier molecular flexibility index (Phi) is 5.74. The van der Waals surface area contributed by atoms with Gasteiger partial charge in [-0.05, 0) is 26.0 Å². The van der Waals surface area contributed by atoms with Crippen LogP contribution in [0.15, 0.2) is 29.6 Å². The van der Waals surface area contributed by atoms with Crippen LogP contribution in [0.4, 0.5) is 0 Å². The molecule has 0 saturated heterocycles. The highest BCUT2D eigenvalue weighted by molar-refractivity contribution is 7.16. The Hall–Kier alpha value is -1.92. The number of H-pyrrole nitrogens is 1. The summed E-state index contributed by atoms with van der Waals surface area (Å²) in [5.74, 6) is 0.397. The third-order valence-corrected chi connectivity index (χ3v) is 4.56. The standard InChI is InChI=1S/C16H18ClN3O2S/c1-4-7-20(9-12-5-6-14(17)23-12)15(21)8-13-10(2)18-11(3)19-16(13)22/h4-6H,1,7-9H2,2-3H3,(H,18,19,22). The average Bonchev–Trinajstić information content (AvgIpc) is 2.87. The third kappa shape index (κ3) is 4.53. The molecule has 0 unspecified atom stereocenters. The molecule has 5 nitrogen and oxygen atoms in total. The fraction of sp³-hybridized carbons (Fsp3) is 0.312.